The van der Waals surface area contributed by atoms with Crippen molar-refractivity contribution in [2.75, 3.05) is 18.5 Å². The number of aromatic nitrogens is 2. The lowest BCUT2D eigenvalue weighted by Gasteiger charge is -2.17. The molecule has 3 N–H and O–H groups in total. The number of anilines is 1. The molecular formula is C12H17N4O6S+. The predicted octanol–water partition coefficient (Wildman–Crippen LogP) is -0.240. The van der Waals surface area contributed by atoms with Crippen LogP contribution in [0.15, 0.2) is 24.4 Å². The zero-order valence-electron chi connectivity index (χ0n) is 12.3. The van der Waals surface area contributed by atoms with Gasteiger partial charge in [-0.05, 0) is 18.1 Å². The summed E-state index contributed by atoms with van der Waals surface area (Å²) in [6.07, 6.45) is 5.03. The third kappa shape index (κ3) is 5.16. The lowest BCUT2D eigenvalue weighted by Crippen LogP contribution is -2.49. The Hall–Kier alpha value is -2.24. The van der Waals surface area contributed by atoms with Crippen LogP contribution in [-0.4, -0.2) is 37.2 Å². The molecule has 2 rings (SSSR count). The molecular weight excluding hydrogens is 328 g/mol. The quantitative estimate of drug-likeness (QED) is 0.379. The van der Waals surface area contributed by atoms with Gasteiger partial charge in [-0.3, -0.25) is 4.55 Å². The first-order chi connectivity index (χ1) is 10.9. The van der Waals surface area contributed by atoms with Crippen molar-refractivity contribution in [1.29, 1.82) is 0 Å². The first-order valence-corrected chi connectivity index (χ1v) is 8.17. The molecule has 1 atom stereocenters. The summed E-state index contributed by atoms with van der Waals surface area (Å²) < 4.78 is 40.2. The van der Waals surface area contributed by atoms with Crippen LogP contribution in [0.25, 0.3) is 0 Å². The molecule has 10 nitrogen and oxygen atoms in total. The zero-order valence-corrected chi connectivity index (χ0v) is 13.1. The van der Waals surface area contributed by atoms with Crippen molar-refractivity contribution in [1.82, 2.24) is 10.3 Å². The third-order valence-corrected chi connectivity index (χ3v) is 3.21. The molecule has 1 amide bonds. The molecule has 1 aromatic heterocycles. The fraction of sp³-hybridized carbons (Fsp3) is 0.417. The van der Waals surface area contributed by atoms with Gasteiger partial charge in [0, 0.05) is 12.6 Å². The minimum Gasteiger partial charge on any atom is -0.438 e. The van der Waals surface area contributed by atoms with Gasteiger partial charge in [-0.15, -0.1) is 0 Å². The second kappa shape index (κ2) is 7.35. The van der Waals surface area contributed by atoms with Crippen molar-refractivity contribution in [3.05, 3.63) is 30.1 Å². The first-order valence-electron chi connectivity index (χ1n) is 6.81. The minimum atomic E-state index is -4.78. The Morgan fingerprint density at radius 2 is 2.35 bits per heavy atom. The molecule has 11 heteroatoms. The van der Waals surface area contributed by atoms with Crippen LogP contribution in [0.2, 0.25) is 0 Å². The molecule has 0 radical (unpaired) electrons. The van der Waals surface area contributed by atoms with Gasteiger partial charge in [0.2, 0.25) is 0 Å². The van der Waals surface area contributed by atoms with Gasteiger partial charge >= 0.3 is 22.4 Å². The van der Waals surface area contributed by atoms with E-state index in [2.05, 4.69) is 19.9 Å². The van der Waals surface area contributed by atoms with Gasteiger partial charge in [0.25, 0.3) is 0 Å². The van der Waals surface area contributed by atoms with E-state index in [1.165, 1.54) is 12.3 Å². The normalized spacial score (nSPS) is 17.6. The minimum absolute atomic E-state index is 0.0943. The highest BCUT2D eigenvalue weighted by Crippen LogP contribution is 2.17. The van der Waals surface area contributed by atoms with Crippen molar-refractivity contribution in [3.63, 3.8) is 0 Å². The maximum Gasteiger partial charge on any atom is 0.476 e. The van der Waals surface area contributed by atoms with Crippen molar-refractivity contribution in [2.45, 2.75) is 19.4 Å². The Bertz CT molecular complexity index is 706. The number of carbonyl (C=O) groups is 1. The van der Waals surface area contributed by atoms with E-state index in [-0.39, 0.29) is 18.6 Å². The molecule has 2 heterocycles. The third-order valence-electron chi connectivity index (χ3n) is 2.87. The molecule has 1 aliphatic heterocycles. The van der Waals surface area contributed by atoms with E-state index < -0.39 is 16.5 Å². The van der Waals surface area contributed by atoms with Crippen molar-refractivity contribution >= 4 is 22.4 Å². The molecule has 0 fully saturated rings. The van der Waals surface area contributed by atoms with Crippen LogP contribution in [0.5, 0.6) is 0 Å². The van der Waals surface area contributed by atoms with Crippen LogP contribution in [-0.2, 0) is 15.1 Å². The summed E-state index contributed by atoms with van der Waals surface area (Å²) in [7, 11) is -4.78. The monoisotopic (exact) mass is 345 g/mol. The first kappa shape index (κ1) is 17.1. The molecule has 23 heavy (non-hydrogen) atoms. The van der Waals surface area contributed by atoms with E-state index in [1.807, 2.05) is 12.2 Å². The Morgan fingerprint density at radius 3 is 2.96 bits per heavy atom. The van der Waals surface area contributed by atoms with E-state index in [0.717, 1.165) is 0 Å². The molecule has 1 unspecified atom stereocenters. The number of nitrogens with one attached hydrogen (secondary N) is 2. The standard InChI is InChI=1S/C12H16N4O6S/c1-2-21-12(17)15-11-14-10(9-5-3-4-7-13-9)6-8-16(11)22-23(18,19)20/h3-4,6,8-9,13H,2,5,7H2,1H3,(H,18,19,20)/p+1. The summed E-state index contributed by atoms with van der Waals surface area (Å²) in [6, 6.07) is 1.42. The SMILES string of the molecule is CCOC(=O)Nc1nc(C2CC=CCN2)cc[n+]1OS(=O)(=O)O. The maximum atomic E-state index is 11.5. The summed E-state index contributed by atoms with van der Waals surface area (Å²) in [5.41, 5.74) is 0.566. The zero-order chi connectivity index (χ0) is 16.9. The lowest BCUT2D eigenvalue weighted by atomic mass is 10.1. The fourth-order valence-corrected chi connectivity index (χ4v) is 2.28. The molecule has 0 saturated carbocycles. The number of hydrogen-bond donors (Lipinski definition) is 3. The smallest absolute Gasteiger partial charge is 0.438 e. The van der Waals surface area contributed by atoms with E-state index in [1.54, 1.807) is 6.92 Å². The van der Waals surface area contributed by atoms with Crippen LogP contribution in [0, 0.1) is 0 Å². The van der Waals surface area contributed by atoms with Crippen molar-refractivity contribution < 1.29 is 31.5 Å². The summed E-state index contributed by atoms with van der Waals surface area (Å²) in [5.74, 6) is -0.241. The Balaban J connectivity index is 2.30. The van der Waals surface area contributed by atoms with Gasteiger partial charge in [-0.2, -0.15) is 13.7 Å². The van der Waals surface area contributed by atoms with Gasteiger partial charge in [-0.25, -0.2) is 9.08 Å². The molecule has 0 spiro atoms. The Labute approximate surface area is 133 Å². The van der Waals surface area contributed by atoms with E-state index in [0.29, 0.717) is 23.4 Å². The number of carbonyl (C=O) groups excluding carboxylic acids is 1. The molecule has 0 aromatic carbocycles. The highest BCUT2D eigenvalue weighted by atomic mass is 32.3. The van der Waals surface area contributed by atoms with Crippen molar-refractivity contribution in [2.24, 2.45) is 0 Å². The Kier molecular flexibility index (Phi) is 5.47. The van der Waals surface area contributed by atoms with E-state index in [9.17, 15) is 13.2 Å². The van der Waals surface area contributed by atoms with Gasteiger partial charge in [0.1, 0.15) is 11.9 Å². The highest BCUT2D eigenvalue weighted by Gasteiger charge is 2.26. The van der Waals surface area contributed by atoms with Gasteiger partial charge in [0.05, 0.1) is 12.6 Å². The number of amides is 1. The Morgan fingerprint density at radius 1 is 1.57 bits per heavy atom. The second-order valence-electron chi connectivity index (χ2n) is 4.52. The fourth-order valence-electron chi connectivity index (χ4n) is 1.96. The summed E-state index contributed by atoms with van der Waals surface area (Å²) in [5, 5.41) is 5.46. The summed E-state index contributed by atoms with van der Waals surface area (Å²) in [6.45, 7) is 2.41. The van der Waals surface area contributed by atoms with Gasteiger partial charge in [-0.1, -0.05) is 17.1 Å². The van der Waals surface area contributed by atoms with Gasteiger partial charge in [0.15, 0.2) is 0 Å². The van der Waals surface area contributed by atoms with Crippen LogP contribution >= 0.6 is 0 Å². The molecule has 1 aliphatic rings. The predicted molar refractivity (Wildman–Crippen MR) is 77.7 cm³/mol. The average Bonchev–Trinajstić information content (AvgIpc) is 2.49. The molecule has 0 saturated heterocycles. The maximum absolute atomic E-state index is 11.5. The number of hydrogen-bond acceptors (Lipinski definition) is 7. The lowest BCUT2D eigenvalue weighted by molar-refractivity contribution is -0.847. The van der Waals surface area contributed by atoms with Crippen LogP contribution in [0.1, 0.15) is 25.1 Å². The highest BCUT2D eigenvalue weighted by molar-refractivity contribution is 7.80. The largest absolute Gasteiger partial charge is 0.476 e. The topological polar surface area (TPSA) is 131 Å². The number of nitrogens with zero attached hydrogens (tertiary/aromatic N) is 2. The average molecular weight is 345 g/mol. The van der Waals surface area contributed by atoms with E-state index >= 15 is 0 Å². The number of ether oxygens (including phenoxy) is 1. The summed E-state index contributed by atoms with van der Waals surface area (Å²) >= 11 is 0. The van der Waals surface area contributed by atoms with Crippen LogP contribution in [0.3, 0.4) is 0 Å². The molecule has 0 aliphatic carbocycles. The van der Waals surface area contributed by atoms with Crippen LogP contribution in [0.4, 0.5) is 10.7 Å². The summed E-state index contributed by atoms with van der Waals surface area (Å²) in [4.78, 5) is 15.7. The molecule has 0 bridgehead atoms. The molecule has 126 valence electrons. The van der Waals surface area contributed by atoms with E-state index in [4.69, 9.17) is 9.29 Å². The van der Waals surface area contributed by atoms with Gasteiger partial charge < -0.3 is 10.1 Å². The van der Waals surface area contributed by atoms with Crippen molar-refractivity contribution in [3.8, 4) is 0 Å². The number of rotatable bonds is 5. The van der Waals surface area contributed by atoms with Crippen LogP contribution < -0.4 is 19.6 Å². The molecule has 1 aromatic rings. The second-order valence-corrected chi connectivity index (χ2v) is 5.52.